The minimum Gasteiger partial charge on any atom is -0.354 e. The van der Waals surface area contributed by atoms with Gasteiger partial charge in [0.05, 0.1) is 0 Å². The minimum atomic E-state index is -0.767. The second-order valence-electron chi connectivity index (χ2n) is 9.49. The first kappa shape index (κ1) is 19.3. The summed E-state index contributed by atoms with van der Waals surface area (Å²) in [6.07, 6.45) is 6.37. The highest BCUT2D eigenvalue weighted by Gasteiger charge is 2.61. The van der Waals surface area contributed by atoms with Crippen LogP contribution in [0.2, 0.25) is 0 Å². The lowest BCUT2D eigenvalue weighted by Crippen LogP contribution is -2.72. The fourth-order valence-corrected chi connectivity index (χ4v) is 6.52. The van der Waals surface area contributed by atoms with Crippen molar-refractivity contribution in [3.05, 3.63) is 71.8 Å². The predicted octanol–water partition coefficient (Wildman–Crippen LogP) is 3.97. The van der Waals surface area contributed by atoms with Crippen LogP contribution in [0.4, 0.5) is 0 Å². The van der Waals surface area contributed by atoms with Gasteiger partial charge in [-0.3, -0.25) is 9.59 Å². The molecule has 4 heteroatoms. The van der Waals surface area contributed by atoms with Crippen molar-refractivity contribution in [1.29, 1.82) is 0 Å². The Balaban J connectivity index is 1.37. The number of amides is 2. The van der Waals surface area contributed by atoms with Crippen LogP contribution in [0.5, 0.6) is 0 Å². The Hall–Kier alpha value is -2.62. The molecule has 30 heavy (non-hydrogen) atoms. The molecule has 4 aliphatic rings. The molecule has 0 saturated heterocycles. The molecule has 6 rings (SSSR count). The van der Waals surface area contributed by atoms with Crippen LogP contribution < -0.4 is 10.6 Å². The van der Waals surface area contributed by atoms with Gasteiger partial charge >= 0.3 is 0 Å². The summed E-state index contributed by atoms with van der Waals surface area (Å²) in [6, 6.07) is 19.5. The molecule has 2 aromatic rings. The van der Waals surface area contributed by atoms with Crippen LogP contribution in [-0.2, 0) is 11.2 Å². The van der Waals surface area contributed by atoms with Gasteiger partial charge in [0.2, 0.25) is 5.91 Å². The normalized spacial score (nSPS) is 31.3. The molecule has 4 bridgehead atoms. The van der Waals surface area contributed by atoms with Gasteiger partial charge in [-0.05, 0) is 79.9 Å². The van der Waals surface area contributed by atoms with Crippen molar-refractivity contribution in [2.24, 2.45) is 23.7 Å². The maximum absolute atomic E-state index is 13.7. The largest absolute Gasteiger partial charge is 0.354 e. The Kier molecular flexibility index (Phi) is 5.10. The summed E-state index contributed by atoms with van der Waals surface area (Å²) in [5, 5.41) is 6.49. The molecule has 4 fully saturated rings. The average molecular weight is 403 g/mol. The van der Waals surface area contributed by atoms with Crippen LogP contribution >= 0.6 is 0 Å². The lowest BCUT2D eigenvalue weighted by atomic mass is 9.48. The summed E-state index contributed by atoms with van der Waals surface area (Å²) in [5.74, 6) is 1.85. The van der Waals surface area contributed by atoms with Crippen LogP contribution in [-0.4, -0.2) is 23.9 Å². The molecule has 2 N–H and O–H groups in total. The van der Waals surface area contributed by atoms with Crippen molar-refractivity contribution in [2.75, 3.05) is 6.54 Å². The second-order valence-corrected chi connectivity index (χ2v) is 9.49. The third-order valence-electron chi connectivity index (χ3n) is 7.70. The number of nitrogens with one attached hydrogen (secondary N) is 2. The van der Waals surface area contributed by atoms with Crippen LogP contribution in [0.1, 0.15) is 48.0 Å². The number of carbonyl (C=O) groups excluding carboxylic acids is 2. The van der Waals surface area contributed by atoms with Crippen molar-refractivity contribution >= 4 is 11.8 Å². The van der Waals surface area contributed by atoms with E-state index in [1.807, 2.05) is 48.5 Å². The van der Waals surface area contributed by atoms with Crippen molar-refractivity contribution in [1.82, 2.24) is 10.6 Å². The Morgan fingerprint density at radius 1 is 0.800 bits per heavy atom. The third-order valence-corrected chi connectivity index (χ3v) is 7.70. The predicted molar refractivity (Wildman–Crippen MR) is 117 cm³/mol. The van der Waals surface area contributed by atoms with Crippen molar-refractivity contribution in [3.63, 3.8) is 0 Å². The van der Waals surface area contributed by atoms with E-state index in [1.165, 1.54) is 12.0 Å². The standard InChI is InChI=1S/C26H30N2O2/c29-24(21-9-5-2-6-10-21)28-26(22-14-19-13-20(16-22)17-23(26)15-19)25(30)27-12-11-18-7-3-1-4-8-18/h1-10,19-20,22-23H,11-17H2,(H,27,30)(H,28,29). The monoisotopic (exact) mass is 402 g/mol. The highest BCUT2D eigenvalue weighted by Crippen LogP contribution is 2.58. The van der Waals surface area contributed by atoms with E-state index < -0.39 is 5.54 Å². The maximum Gasteiger partial charge on any atom is 0.252 e. The van der Waals surface area contributed by atoms with Gasteiger partial charge in [0.25, 0.3) is 5.91 Å². The molecule has 0 radical (unpaired) electrons. The molecular formula is C26H30N2O2. The van der Waals surface area contributed by atoms with Crippen molar-refractivity contribution in [3.8, 4) is 0 Å². The smallest absolute Gasteiger partial charge is 0.252 e. The lowest BCUT2D eigenvalue weighted by Gasteiger charge is -2.60. The van der Waals surface area contributed by atoms with Gasteiger partial charge in [-0.25, -0.2) is 0 Å². The van der Waals surface area contributed by atoms with Crippen LogP contribution in [0.3, 0.4) is 0 Å². The molecule has 4 saturated carbocycles. The Morgan fingerprint density at radius 2 is 1.37 bits per heavy atom. The molecule has 4 aliphatic carbocycles. The molecule has 0 aromatic heterocycles. The van der Waals surface area contributed by atoms with E-state index in [2.05, 4.69) is 22.8 Å². The van der Waals surface area contributed by atoms with Gasteiger partial charge in [0.1, 0.15) is 5.54 Å². The molecular weight excluding hydrogens is 372 g/mol. The fraction of sp³-hybridized carbons (Fsp3) is 0.462. The number of carbonyl (C=O) groups is 2. The second kappa shape index (κ2) is 7.90. The molecule has 0 unspecified atom stereocenters. The summed E-state index contributed by atoms with van der Waals surface area (Å²) in [5.41, 5.74) is 1.07. The molecule has 2 amide bonds. The average Bonchev–Trinajstić information content (AvgIpc) is 2.77. The first-order chi connectivity index (χ1) is 14.6. The maximum atomic E-state index is 13.7. The SMILES string of the molecule is O=C(NC1(C(=O)NCCc2ccccc2)C2CC3CC(C2)CC1C3)c1ccccc1. The minimum absolute atomic E-state index is 0.0245. The van der Waals surface area contributed by atoms with Crippen LogP contribution in [0.15, 0.2) is 60.7 Å². The van der Waals surface area contributed by atoms with Gasteiger partial charge in [-0.15, -0.1) is 0 Å². The quantitative estimate of drug-likeness (QED) is 0.768. The summed E-state index contributed by atoms with van der Waals surface area (Å²) in [6.45, 7) is 0.595. The van der Waals surface area contributed by atoms with Gasteiger partial charge in [0.15, 0.2) is 0 Å². The van der Waals surface area contributed by atoms with Crippen molar-refractivity contribution < 1.29 is 9.59 Å². The summed E-state index contributed by atoms with van der Waals surface area (Å²) >= 11 is 0. The van der Waals surface area contributed by atoms with Gasteiger partial charge in [0, 0.05) is 12.1 Å². The molecule has 0 heterocycles. The van der Waals surface area contributed by atoms with E-state index in [0.29, 0.717) is 12.1 Å². The van der Waals surface area contributed by atoms with Crippen LogP contribution in [0, 0.1) is 23.7 Å². The number of rotatable bonds is 6. The van der Waals surface area contributed by atoms with Crippen LogP contribution in [0.25, 0.3) is 0 Å². The van der Waals surface area contributed by atoms with Gasteiger partial charge < -0.3 is 10.6 Å². The molecule has 0 atom stereocenters. The van der Waals surface area contributed by atoms with Crippen molar-refractivity contribution in [2.45, 2.75) is 44.1 Å². The van der Waals surface area contributed by atoms with E-state index >= 15 is 0 Å². The van der Waals surface area contributed by atoms with E-state index in [0.717, 1.165) is 43.9 Å². The van der Waals surface area contributed by atoms with Gasteiger partial charge in [-0.1, -0.05) is 48.5 Å². The van der Waals surface area contributed by atoms with E-state index in [-0.39, 0.29) is 23.7 Å². The Labute approximate surface area is 178 Å². The van der Waals surface area contributed by atoms with E-state index in [9.17, 15) is 9.59 Å². The zero-order valence-electron chi connectivity index (χ0n) is 17.3. The van der Waals surface area contributed by atoms with E-state index in [1.54, 1.807) is 0 Å². The number of benzene rings is 2. The highest BCUT2D eigenvalue weighted by atomic mass is 16.2. The van der Waals surface area contributed by atoms with E-state index in [4.69, 9.17) is 0 Å². The van der Waals surface area contributed by atoms with Gasteiger partial charge in [-0.2, -0.15) is 0 Å². The fourth-order valence-electron chi connectivity index (χ4n) is 6.52. The first-order valence-electron chi connectivity index (χ1n) is 11.3. The molecule has 0 spiro atoms. The number of hydrogen-bond donors (Lipinski definition) is 2. The third kappa shape index (κ3) is 3.42. The molecule has 0 aliphatic heterocycles. The molecule has 4 nitrogen and oxygen atoms in total. The first-order valence-corrected chi connectivity index (χ1v) is 11.3. The molecule has 156 valence electrons. The zero-order valence-corrected chi connectivity index (χ0v) is 17.3. The summed E-state index contributed by atoms with van der Waals surface area (Å²) in [7, 11) is 0. The summed E-state index contributed by atoms with van der Waals surface area (Å²) in [4.78, 5) is 26.8. The number of hydrogen-bond acceptors (Lipinski definition) is 2. The zero-order chi connectivity index (χ0) is 20.6. The Bertz CT molecular complexity index is 881. The summed E-state index contributed by atoms with van der Waals surface area (Å²) < 4.78 is 0. The Morgan fingerprint density at radius 3 is 1.97 bits per heavy atom. The highest BCUT2D eigenvalue weighted by molar-refractivity contribution is 5.99. The molecule has 2 aromatic carbocycles. The lowest BCUT2D eigenvalue weighted by molar-refractivity contribution is -0.145. The topological polar surface area (TPSA) is 58.2 Å².